The lowest BCUT2D eigenvalue weighted by Gasteiger charge is -2.34. The maximum atomic E-state index is 13.9. The van der Waals surface area contributed by atoms with Crippen molar-refractivity contribution < 1.29 is 27.9 Å². The molecule has 1 fully saturated rings. The SMILES string of the molecule is COC(=O)c1ccc(OCc2ccc(C(=O)N3CCN(Cc4ccccc4F)CC3)o2)cc1. The molecular weight excluding hydrogens is 427 g/mol. The van der Waals surface area contributed by atoms with Crippen molar-refractivity contribution in [3.8, 4) is 5.75 Å². The highest BCUT2D eigenvalue weighted by Crippen LogP contribution is 2.18. The summed E-state index contributed by atoms with van der Waals surface area (Å²) in [5.74, 6) is 0.558. The van der Waals surface area contributed by atoms with Gasteiger partial charge in [0.25, 0.3) is 5.91 Å². The molecule has 0 aliphatic carbocycles. The van der Waals surface area contributed by atoms with Crippen LogP contribution in [0.4, 0.5) is 4.39 Å². The van der Waals surface area contributed by atoms with E-state index in [1.54, 1.807) is 53.4 Å². The first-order valence-electron chi connectivity index (χ1n) is 10.7. The molecule has 0 atom stereocenters. The van der Waals surface area contributed by atoms with Crippen LogP contribution >= 0.6 is 0 Å². The van der Waals surface area contributed by atoms with Gasteiger partial charge in [-0.05, 0) is 42.5 Å². The third kappa shape index (κ3) is 5.59. The molecular formula is C25H25FN2O5. The highest BCUT2D eigenvalue weighted by atomic mass is 19.1. The van der Waals surface area contributed by atoms with E-state index >= 15 is 0 Å². The minimum absolute atomic E-state index is 0.154. The van der Waals surface area contributed by atoms with Crippen LogP contribution in [0.2, 0.25) is 0 Å². The van der Waals surface area contributed by atoms with Crippen LogP contribution < -0.4 is 4.74 Å². The van der Waals surface area contributed by atoms with Crippen LogP contribution in [-0.2, 0) is 17.9 Å². The summed E-state index contributed by atoms with van der Waals surface area (Å²) in [7, 11) is 1.33. The van der Waals surface area contributed by atoms with Gasteiger partial charge in [-0.1, -0.05) is 18.2 Å². The first kappa shape index (κ1) is 22.5. The largest absolute Gasteiger partial charge is 0.486 e. The van der Waals surface area contributed by atoms with E-state index in [4.69, 9.17) is 9.15 Å². The summed E-state index contributed by atoms with van der Waals surface area (Å²) in [6.45, 7) is 3.11. The number of rotatable bonds is 7. The number of hydrogen-bond acceptors (Lipinski definition) is 6. The van der Waals surface area contributed by atoms with Crippen molar-refractivity contribution in [1.82, 2.24) is 9.80 Å². The van der Waals surface area contributed by atoms with Crippen LogP contribution in [0.25, 0.3) is 0 Å². The molecule has 1 saturated heterocycles. The molecule has 172 valence electrons. The van der Waals surface area contributed by atoms with E-state index in [0.717, 1.165) is 0 Å². The molecule has 1 amide bonds. The van der Waals surface area contributed by atoms with E-state index in [0.29, 0.717) is 55.4 Å². The Morgan fingerprint density at radius 2 is 1.70 bits per heavy atom. The molecule has 7 nitrogen and oxygen atoms in total. The maximum Gasteiger partial charge on any atom is 0.337 e. The van der Waals surface area contributed by atoms with Crippen LogP contribution in [0, 0.1) is 5.82 Å². The number of hydrogen-bond donors (Lipinski definition) is 0. The Morgan fingerprint density at radius 1 is 0.970 bits per heavy atom. The second-order valence-electron chi connectivity index (χ2n) is 7.73. The average molecular weight is 452 g/mol. The molecule has 3 aromatic rings. The number of benzene rings is 2. The number of esters is 1. The van der Waals surface area contributed by atoms with Gasteiger partial charge in [0, 0.05) is 38.3 Å². The van der Waals surface area contributed by atoms with Crippen molar-refractivity contribution in [2.75, 3.05) is 33.3 Å². The van der Waals surface area contributed by atoms with Crippen molar-refractivity contribution in [2.24, 2.45) is 0 Å². The first-order chi connectivity index (χ1) is 16.0. The normalized spacial score (nSPS) is 14.2. The van der Waals surface area contributed by atoms with Crippen LogP contribution in [-0.4, -0.2) is 55.0 Å². The summed E-state index contributed by atoms with van der Waals surface area (Å²) in [4.78, 5) is 28.2. The Balaban J connectivity index is 1.27. The molecule has 2 heterocycles. The van der Waals surface area contributed by atoms with Crippen LogP contribution in [0.15, 0.2) is 65.1 Å². The summed E-state index contributed by atoms with van der Waals surface area (Å²) in [6, 6.07) is 16.7. The number of carbonyl (C=O) groups excluding carboxylic acids is 2. The minimum atomic E-state index is -0.413. The number of methoxy groups -OCH3 is 1. The molecule has 0 spiro atoms. The topological polar surface area (TPSA) is 72.2 Å². The molecule has 0 bridgehead atoms. The van der Waals surface area contributed by atoms with Crippen molar-refractivity contribution in [1.29, 1.82) is 0 Å². The fourth-order valence-electron chi connectivity index (χ4n) is 3.66. The highest BCUT2D eigenvalue weighted by Gasteiger charge is 2.24. The van der Waals surface area contributed by atoms with Gasteiger partial charge in [-0.3, -0.25) is 9.69 Å². The number of piperazine rings is 1. The number of nitrogens with zero attached hydrogens (tertiary/aromatic N) is 2. The molecule has 8 heteroatoms. The van der Waals surface area contributed by atoms with Crippen molar-refractivity contribution in [3.05, 3.63) is 89.1 Å². The quantitative estimate of drug-likeness (QED) is 0.509. The fourth-order valence-corrected chi connectivity index (χ4v) is 3.66. The van der Waals surface area contributed by atoms with E-state index in [-0.39, 0.29) is 24.1 Å². The number of furan rings is 1. The number of amides is 1. The first-order valence-corrected chi connectivity index (χ1v) is 10.7. The Morgan fingerprint density at radius 3 is 2.39 bits per heavy atom. The number of ether oxygens (including phenoxy) is 2. The van der Waals surface area contributed by atoms with Gasteiger partial charge in [0.15, 0.2) is 5.76 Å². The summed E-state index contributed by atoms with van der Waals surface area (Å²) in [5.41, 5.74) is 1.10. The predicted molar refractivity (Wildman–Crippen MR) is 118 cm³/mol. The molecule has 1 aliphatic rings. The van der Waals surface area contributed by atoms with E-state index in [9.17, 15) is 14.0 Å². The lowest BCUT2D eigenvalue weighted by atomic mass is 10.2. The summed E-state index contributed by atoms with van der Waals surface area (Å²) in [6.07, 6.45) is 0. The Bertz CT molecular complexity index is 1100. The third-order valence-corrected chi connectivity index (χ3v) is 5.54. The van der Waals surface area contributed by atoms with Gasteiger partial charge in [0.05, 0.1) is 12.7 Å². The zero-order valence-corrected chi connectivity index (χ0v) is 18.3. The monoisotopic (exact) mass is 452 g/mol. The molecule has 0 radical (unpaired) electrons. The van der Waals surface area contributed by atoms with Gasteiger partial charge in [-0.25, -0.2) is 9.18 Å². The lowest BCUT2D eigenvalue weighted by Crippen LogP contribution is -2.48. The molecule has 0 saturated carbocycles. The molecule has 2 aromatic carbocycles. The van der Waals surface area contributed by atoms with Crippen LogP contribution in [0.3, 0.4) is 0 Å². The Hall–Kier alpha value is -3.65. The summed E-state index contributed by atoms with van der Waals surface area (Å²) < 4.78 is 29.9. The summed E-state index contributed by atoms with van der Waals surface area (Å²) >= 11 is 0. The molecule has 1 aliphatic heterocycles. The van der Waals surface area contributed by atoms with Gasteiger partial charge >= 0.3 is 5.97 Å². The molecule has 33 heavy (non-hydrogen) atoms. The predicted octanol–water partition coefficient (Wildman–Crippen LogP) is 3.74. The van der Waals surface area contributed by atoms with E-state index < -0.39 is 5.97 Å². The summed E-state index contributed by atoms with van der Waals surface area (Å²) in [5, 5.41) is 0. The Labute approximate surface area is 191 Å². The third-order valence-electron chi connectivity index (χ3n) is 5.54. The van der Waals surface area contributed by atoms with Gasteiger partial charge in [0.2, 0.25) is 0 Å². The zero-order valence-electron chi connectivity index (χ0n) is 18.3. The second-order valence-corrected chi connectivity index (χ2v) is 7.73. The van der Waals surface area contributed by atoms with Crippen molar-refractivity contribution in [2.45, 2.75) is 13.2 Å². The van der Waals surface area contributed by atoms with Gasteiger partial charge in [0.1, 0.15) is 23.9 Å². The van der Waals surface area contributed by atoms with Crippen molar-refractivity contribution >= 4 is 11.9 Å². The van der Waals surface area contributed by atoms with Gasteiger partial charge in [-0.2, -0.15) is 0 Å². The van der Waals surface area contributed by atoms with E-state index in [2.05, 4.69) is 9.64 Å². The molecule has 1 aromatic heterocycles. The molecule has 4 rings (SSSR count). The second kappa shape index (κ2) is 10.3. The highest BCUT2D eigenvalue weighted by molar-refractivity contribution is 5.91. The van der Waals surface area contributed by atoms with E-state index in [1.807, 2.05) is 6.07 Å². The lowest BCUT2D eigenvalue weighted by molar-refractivity contribution is 0.0589. The smallest absolute Gasteiger partial charge is 0.337 e. The van der Waals surface area contributed by atoms with Crippen LogP contribution in [0.1, 0.15) is 32.2 Å². The van der Waals surface area contributed by atoms with Crippen molar-refractivity contribution in [3.63, 3.8) is 0 Å². The Kier molecular flexibility index (Phi) is 7.04. The fraction of sp³-hybridized carbons (Fsp3) is 0.280. The minimum Gasteiger partial charge on any atom is -0.486 e. The van der Waals surface area contributed by atoms with Gasteiger partial charge < -0.3 is 18.8 Å². The average Bonchev–Trinajstić information content (AvgIpc) is 3.33. The van der Waals surface area contributed by atoms with Gasteiger partial charge in [-0.15, -0.1) is 0 Å². The molecule has 0 unspecified atom stereocenters. The standard InChI is InChI=1S/C25H25FN2O5/c1-31-25(30)18-6-8-20(9-7-18)32-17-21-10-11-23(33-21)24(29)28-14-12-27(13-15-28)16-19-4-2-3-5-22(19)26/h2-11H,12-17H2,1H3. The maximum absolute atomic E-state index is 13.9. The number of halogens is 1. The molecule has 0 N–H and O–H groups in total. The van der Waals surface area contributed by atoms with E-state index in [1.165, 1.54) is 13.2 Å². The number of carbonyl (C=O) groups is 2. The van der Waals surface area contributed by atoms with Crippen LogP contribution in [0.5, 0.6) is 5.75 Å². The zero-order chi connectivity index (χ0) is 23.2.